The van der Waals surface area contributed by atoms with Gasteiger partial charge in [-0.3, -0.25) is 9.59 Å². The molecule has 23 heavy (non-hydrogen) atoms. The highest BCUT2D eigenvalue weighted by atomic mass is 16.5. The number of amides is 2. The Balaban J connectivity index is 1.84. The minimum Gasteiger partial charge on any atom is -0.484 e. The van der Waals surface area contributed by atoms with Crippen LogP contribution >= 0.6 is 0 Å². The van der Waals surface area contributed by atoms with Crippen molar-refractivity contribution in [1.29, 1.82) is 0 Å². The second-order valence-electron chi connectivity index (χ2n) is 6.28. The first kappa shape index (κ1) is 17.3. The van der Waals surface area contributed by atoms with Crippen LogP contribution in [0.4, 0.5) is 5.69 Å². The fraction of sp³-hybridized carbons (Fsp3) is 0.556. The molecule has 0 saturated heterocycles. The maximum Gasteiger partial charge on any atom is 0.259 e. The van der Waals surface area contributed by atoms with Gasteiger partial charge in [-0.05, 0) is 37.1 Å². The van der Waals surface area contributed by atoms with E-state index in [2.05, 4.69) is 5.32 Å². The summed E-state index contributed by atoms with van der Waals surface area (Å²) in [6.45, 7) is 0.0147. The van der Waals surface area contributed by atoms with Crippen molar-refractivity contribution in [3.05, 3.63) is 24.3 Å². The fourth-order valence-corrected chi connectivity index (χ4v) is 2.69. The van der Waals surface area contributed by atoms with Crippen molar-refractivity contribution in [3.8, 4) is 5.75 Å². The van der Waals surface area contributed by atoms with Crippen molar-refractivity contribution in [2.45, 2.75) is 38.5 Å². The molecule has 0 unspecified atom stereocenters. The van der Waals surface area contributed by atoms with Gasteiger partial charge in [0.1, 0.15) is 5.75 Å². The lowest BCUT2D eigenvalue weighted by molar-refractivity contribution is -0.130. The number of carbonyl (C=O) groups is 2. The van der Waals surface area contributed by atoms with Gasteiger partial charge < -0.3 is 15.0 Å². The summed E-state index contributed by atoms with van der Waals surface area (Å²) in [4.78, 5) is 25.3. The third-order valence-corrected chi connectivity index (χ3v) is 4.21. The van der Waals surface area contributed by atoms with Crippen molar-refractivity contribution in [1.82, 2.24) is 4.90 Å². The van der Waals surface area contributed by atoms with E-state index < -0.39 is 0 Å². The molecule has 5 heteroatoms. The first-order chi connectivity index (χ1) is 11.1. The summed E-state index contributed by atoms with van der Waals surface area (Å²) >= 11 is 0. The standard InChI is InChI=1S/C18H26N2O3/c1-20(2)17(21)13-23-16-11-9-15(10-12-16)19-18(22)14-7-5-3-4-6-8-14/h9-12,14H,3-8,13H2,1-2H3,(H,19,22). The Morgan fingerprint density at radius 2 is 1.70 bits per heavy atom. The van der Waals surface area contributed by atoms with Crippen LogP contribution < -0.4 is 10.1 Å². The van der Waals surface area contributed by atoms with Crippen LogP contribution in [0.15, 0.2) is 24.3 Å². The summed E-state index contributed by atoms with van der Waals surface area (Å²) in [7, 11) is 3.38. The summed E-state index contributed by atoms with van der Waals surface area (Å²) in [5, 5.41) is 2.98. The fourth-order valence-electron chi connectivity index (χ4n) is 2.69. The Labute approximate surface area is 138 Å². The van der Waals surface area contributed by atoms with E-state index in [1.807, 2.05) is 12.1 Å². The van der Waals surface area contributed by atoms with E-state index in [-0.39, 0.29) is 24.3 Å². The molecule has 5 nitrogen and oxygen atoms in total. The minimum atomic E-state index is -0.0873. The number of ether oxygens (including phenoxy) is 1. The molecule has 0 bridgehead atoms. The average Bonchev–Trinajstić information content (AvgIpc) is 2.83. The number of rotatable bonds is 5. The van der Waals surface area contributed by atoms with Gasteiger partial charge >= 0.3 is 0 Å². The van der Waals surface area contributed by atoms with Gasteiger partial charge in [-0.25, -0.2) is 0 Å². The highest BCUT2D eigenvalue weighted by Crippen LogP contribution is 2.24. The van der Waals surface area contributed by atoms with Crippen LogP contribution in [0.2, 0.25) is 0 Å². The lowest BCUT2D eigenvalue weighted by atomic mass is 9.99. The zero-order chi connectivity index (χ0) is 16.7. The summed E-state index contributed by atoms with van der Waals surface area (Å²) in [6.07, 6.45) is 6.73. The molecule has 1 aliphatic rings. The number of carbonyl (C=O) groups excluding carboxylic acids is 2. The maximum atomic E-state index is 12.3. The first-order valence-corrected chi connectivity index (χ1v) is 8.30. The summed E-state index contributed by atoms with van der Waals surface area (Å²) in [5.74, 6) is 0.776. The second-order valence-corrected chi connectivity index (χ2v) is 6.28. The molecule has 0 atom stereocenters. The lowest BCUT2D eigenvalue weighted by Gasteiger charge is -2.15. The van der Waals surface area contributed by atoms with Crippen molar-refractivity contribution >= 4 is 17.5 Å². The van der Waals surface area contributed by atoms with Gasteiger partial charge in [0.2, 0.25) is 5.91 Å². The van der Waals surface area contributed by atoms with Crippen LogP contribution in [0.3, 0.4) is 0 Å². The molecule has 0 heterocycles. The summed E-state index contributed by atoms with van der Waals surface area (Å²) in [6, 6.07) is 7.16. The molecule has 0 aliphatic heterocycles. The maximum absolute atomic E-state index is 12.3. The number of nitrogens with one attached hydrogen (secondary N) is 1. The number of anilines is 1. The largest absolute Gasteiger partial charge is 0.484 e. The Morgan fingerprint density at radius 3 is 2.26 bits per heavy atom. The van der Waals surface area contributed by atoms with Crippen molar-refractivity contribution < 1.29 is 14.3 Å². The molecule has 1 aliphatic carbocycles. The average molecular weight is 318 g/mol. The molecule has 0 aromatic heterocycles. The van der Waals surface area contributed by atoms with Gasteiger partial charge in [-0.2, -0.15) is 0 Å². The van der Waals surface area contributed by atoms with Crippen LogP contribution in [0.5, 0.6) is 5.75 Å². The molecule has 1 N–H and O–H groups in total. The molecule has 2 amide bonds. The Morgan fingerprint density at radius 1 is 1.09 bits per heavy atom. The summed E-state index contributed by atoms with van der Waals surface area (Å²) in [5.41, 5.74) is 0.769. The zero-order valence-corrected chi connectivity index (χ0v) is 14.0. The van der Waals surface area contributed by atoms with E-state index in [1.54, 1.807) is 26.2 Å². The van der Waals surface area contributed by atoms with E-state index in [1.165, 1.54) is 17.7 Å². The molecule has 1 aromatic rings. The smallest absolute Gasteiger partial charge is 0.259 e. The van der Waals surface area contributed by atoms with Crippen molar-refractivity contribution in [2.24, 2.45) is 5.92 Å². The first-order valence-electron chi connectivity index (χ1n) is 8.30. The Bertz CT molecular complexity index is 518. The number of hydrogen-bond acceptors (Lipinski definition) is 3. The molecule has 2 rings (SSSR count). The van der Waals surface area contributed by atoms with Gasteiger partial charge in [0.05, 0.1) is 0 Å². The van der Waals surface area contributed by atoms with E-state index in [4.69, 9.17) is 4.74 Å². The van der Waals surface area contributed by atoms with Crippen LogP contribution in [0.25, 0.3) is 0 Å². The highest BCUT2D eigenvalue weighted by Gasteiger charge is 2.19. The van der Waals surface area contributed by atoms with E-state index in [0.717, 1.165) is 31.4 Å². The van der Waals surface area contributed by atoms with Gasteiger partial charge in [0.25, 0.3) is 5.91 Å². The Kier molecular flexibility index (Phi) is 6.44. The minimum absolute atomic E-state index is 0.0147. The van der Waals surface area contributed by atoms with E-state index in [9.17, 15) is 9.59 Å². The summed E-state index contributed by atoms with van der Waals surface area (Å²) < 4.78 is 5.42. The van der Waals surface area contributed by atoms with Crippen LogP contribution in [-0.4, -0.2) is 37.4 Å². The lowest BCUT2D eigenvalue weighted by Crippen LogP contribution is -2.27. The third-order valence-electron chi connectivity index (χ3n) is 4.21. The Hall–Kier alpha value is -2.04. The molecule has 0 radical (unpaired) electrons. The molecule has 1 fully saturated rings. The predicted molar refractivity (Wildman–Crippen MR) is 90.5 cm³/mol. The number of likely N-dealkylation sites (N-methyl/N-ethyl adjacent to an activating group) is 1. The van der Waals surface area contributed by atoms with Crippen molar-refractivity contribution in [2.75, 3.05) is 26.0 Å². The van der Waals surface area contributed by atoms with E-state index in [0.29, 0.717) is 5.75 Å². The number of hydrogen-bond donors (Lipinski definition) is 1. The molecule has 1 aromatic carbocycles. The second kappa shape index (κ2) is 8.56. The SMILES string of the molecule is CN(C)C(=O)COc1ccc(NC(=O)C2CCCCCC2)cc1. The van der Waals surface area contributed by atoms with Gasteiger partial charge in [0, 0.05) is 25.7 Å². The van der Waals surface area contributed by atoms with Gasteiger partial charge in [-0.15, -0.1) is 0 Å². The number of nitrogens with zero attached hydrogens (tertiary/aromatic N) is 1. The third kappa shape index (κ3) is 5.58. The van der Waals surface area contributed by atoms with E-state index >= 15 is 0 Å². The molecular formula is C18H26N2O3. The molecule has 1 saturated carbocycles. The quantitative estimate of drug-likeness (QED) is 0.849. The van der Waals surface area contributed by atoms with Crippen LogP contribution in [-0.2, 0) is 9.59 Å². The number of benzene rings is 1. The van der Waals surface area contributed by atoms with Crippen molar-refractivity contribution in [3.63, 3.8) is 0 Å². The van der Waals surface area contributed by atoms with Gasteiger partial charge in [0.15, 0.2) is 6.61 Å². The van der Waals surface area contributed by atoms with Crippen LogP contribution in [0.1, 0.15) is 38.5 Å². The highest BCUT2D eigenvalue weighted by molar-refractivity contribution is 5.92. The molecule has 126 valence electrons. The molecular weight excluding hydrogens is 292 g/mol. The molecule has 0 spiro atoms. The van der Waals surface area contributed by atoms with Gasteiger partial charge in [-0.1, -0.05) is 25.7 Å². The van der Waals surface area contributed by atoms with Crippen LogP contribution in [0, 0.1) is 5.92 Å². The monoisotopic (exact) mass is 318 g/mol. The normalized spacial score (nSPS) is 15.6. The topological polar surface area (TPSA) is 58.6 Å². The predicted octanol–water partition coefficient (Wildman–Crippen LogP) is 3.06. The zero-order valence-electron chi connectivity index (χ0n) is 14.0.